The van der Waals surface area contributed by atoms with E-state index >= 15 is 0 Å². The molecule has 2 rings (SSSR count). The lowest BCUT2D eigenvalue weighted by Gasteiger charge is -2.27. The van der Waals surface area contributed by atoms with Crippen molar-refractivity contribution in [1.29, 1.82) is 0 Å². The number of hydrazine groups is 1. The quantitative estimate of drug-likeness (QED) is 0.684. The molecule has 1 heterocycles. The Bertz CT molecular complexity index is 431. The molecule has 15 heavy (non-hydrogen) atoms. The second-order valence-electron chi connectivity index (χ2n) is 3.54. The van der Waals surface area contributed by atoms with Gasteiger partial charge in [-0.3, -0.25) is 10.0 Å². The molecule has 2 heteroatoms. The standard InChI is InChI=1S/C13H14N2/c1-10-11(2)14(4)15(12(10)3)13-8-6-5-7-9-13/h5-9H,1-3H2,4H3. The van der Waals surface area contributed by atoms with Crippen LogP contribution in [0.4, 0.5) is 5.69 Å². The molecule has 0 N–H and O–H groups in total. The van der Waals surface area contributed by atoms with Gasteiger partial charge in [0, 0.05) is 12.6 Å². The molecule has 1 saturated heterocycles. The third-order valence-electron chi connectivity index (χ3n) is 2.64. The third kappa shape index (κ3) is 1.34. The minimum absolute atomic E-state index is 0.883. The summed E-state index contributed by atoms with van der Waals surface area (Å²) in [6, 6.07) is 10.1. The van der Waals surface area contributed by atoms with Crippen LogP contribution in [0, 0.1) is 0 Å². The van der Waals surface area contributed by atoms with E-state index in [1.165, 1.54) is 0 Å². The summed E-state index contributed by atoms with van der Waals surface area (Å²) in [5.74, 6) is 0. The van der Waals surface area contributed by atoms with Gasteiger partial charge in [-0.25, -0.2) is 0 Å². The van der Waals surface area contributed by atoms with Crippen LogP contribution in [0.2, 0.25) is 0 Å². The monoisotopic (exact) mass is 198 g/mol. The number of para-hydroxylation sites is 1. The summed E-state index contributed by atoms with van der Waals surface area (Å²) >= 11 is 0. The molecule has 1 aliphatic rings. The van der Waals surface area contributed by atoms with Crippen molar-refractivity contribution >= 4 is 5.69 Å². The zero-order chi connectivity index (χ0) is 11.0. The SMILES string of the molecule is C=C1C(=C)N(C)N(c2ccccc2)C1=C. The van der Waals surface area contributed by atoms with E-state index in [-0.39, 0.29) is 0 Å². The number of nitrogens with zero attached hydrogens (tertiary/aromatic N) is 2. The summed E-state index contributed by atoms with van der Waals surface area (Å²) in [4.78, 5) is 0. The van der Waals surface area contributed by atoms with Gasteiger partial charge in [0.15, 0.2) is 0 Å². The molecule has 76 valence electrons. The number of hydrogen-bond acceptors (Lipinski definition) is 2. The predicted octanol–water partition coefficient (Wildman–Crippen LogP) is 2.94. The van der Waals surface area contributed by atoms with Crippen molar-refractivity contribution < 1.29 is 0 Å². The van der Waals surface area contributed by atoms with Crippen LogP contribution in [-0.2, 0) is 0 Å². The maximum Gasteiger partial charge on any atom is 0.0648 e. The van der Waals surface area contributed by atoms with Crippen molar-refractivity contribution in [3.05, 3.63) is 67.0 Å². The van der Waals surface area contributed by atoms with E-state index in [0.29, 0.717) is 0 Å². The molecule has 1 aliphatic heterocycles. The topological polar surface area (TPSA) is 6.48 Å². The smallest absolute Gasteiger partial charge is 0.0648 e. The number of rotatable bonds is 1. The van der Waals surface area contributed by atoms with Gasteiger partial charge in [-0.2, -0.15) is 0 Å². The van der Waals surface area contributed by atoms with Crippen LogP contribution in [0.1, 0.15) is 0 Å². The summed E-state index contributed by atoms with van der Waals surface area (Å²) < 4.78 is 0. The average molecular weight is 198 g/mol. The highest BCUT2D eigenvalue weighted by atomic mass is 15.6. The Morgan fingerprint density at radius 2 is 1.53 bits per heavy atom. The van der Waals surface area contributed by atoms with E-state index in [1.54, 1.807) is 0 Å². The van der Waals surface area contributed by atoms with E-state index in [2.05, 4.69) is 19.7 Å². The predicted molar refractivity (Wildman–Crippen MR) is 64.1 cm³/mol. The Hall–Kier alpha value is -1.96. The highest BCUT2D eigenvalue weighted by Crippen LogP contribution is 2.35. The van der Waals surface area contributed by atoms with E-state index < -0.39 is 0 Å². The fourth-order valence-electron chi connectivity index (χ4n) is 1.69. The van der Waals surface area contributed by atoms with Crippen molar-refractivity contribution in [3.63, 3.8) is 0 Å². The lowest BCUT2D eigenvalue weighted by atomic mass is 10.2. The first kappa shape index (κ1) is 9.59. The van der Waals surface area contributed by atoms with Gasteiger partial charge < -0.3 is 0 Å². The number of hydrogen-bond donors (Lipinski definition) is 0. The van der Waals surface area contributed by atoms with Gasteiger partial charge in [0.25, 0.3) is 0 Å². The highest BCUT2D eigenvalue weighted by Gasteiger charge is 2.28. The van der Waals surface area contributed by atoms with Gasteiger partial charge in [-0.05, 0) is 12.1 Å². The van der Waals surface area contributed by atoms with Crippen LogP contribution in [0.15, 0.2) is 67.0 Å². The van der Waals surface area contributed by atoms with Crippen LogP contribution in [0.3, 0.4) is 0 Å². The lowest BCUT2D eigenvalue weighted by molar-refractivity contribution is 0.458. The van der Waals surface area contributed by atoms with Gasteiger partial charge in [0.1, 0.15) is 0 Å². The van der Waals surface area contributed by atoms with Crippen LogP contribution in [0.25, 0.3) is 0 Å². The van der Waals surface area contributed by atoms with E-state index in [9.17, 15) is 0 Å². The minimum Gasteiger partial charge on any atom is -0.284 e. The number of anilines is 1. The fourth-order valence-corrected chi connectivity index (χ4v) is 1.69. The van der Waals surface area contributed by atoms with Crippen LogP contribution >= 0.6 is 0 Å². The Morgan fingerprint density at radius 1 is 0.933 bits per heavy atom. The lowest BCUT2D eigenvalue weighted by Crippen LogP contribution is -2.30. The zero-order valence-corrected chi connectivity index (χ0v) is 8.90. The van der Waals surface area contributed by atoms with Crippen molar-refractivity contribution in [2.24, 2.45) is 0 Å². The normalized spacial score (nSPS) is 16.5. The molecular formula is C13H14N2. The molecule has 0 saturated carbocycles. The zero-order valence-electron chi connectivity index (χ0n) is 8.90. The number of benzene rings is 1. The number of likely N-dealkylation sites (N-methyl/N-ethyl adjacent to an activating group) is 1. The molecular weight excluding hydrogens is 184 g/mol. The maximum atomic E-state index is 4.02. The average Bonchev–Trinajstić information content (AvgIpc) is 2.45. The molecule has 0 unspecified atom stereocenters. The van der Waals surface area contributed by atoms with E-state index in [4.69, 9.17) is 0 Å². The van der Waals surface area contributed by atoms with Crippen molar-refractivity contribution in [1.82, 2.24) is 5.01 Å². The second kappa shape index (κ2) is 3.31. The summed E-state index contributed by atoms with van der Waals surface area (Å²) in [5, 5.41) is 3.96. The summed E-state index contributed by atoms with van der Waals surface area (Å²) in [6.07, 6.45) is 0. The van der Waals surface area contributed by atoms with Gasteiger partial charge in [-0.1, -0.05) is 37.9 Å². The second-order valence-corrected chi connectivity index (χ2v) is 3.54. The Balaban J connectivity index is 2.43. The molecule has 0 aliphatic carbocycles. The van der Waals surface area contributed by atoms with Crippen LogP contribution in [0.5, 0.6) is 0 Å². The highest BCUT2D eigenvalue weighted by molar-refractivity contribution is 5.63. The molecule has 0 atom stereocenters. The first-order chi connectivity index (χ1) is 7.13. The van der Waals surface area contributed by atoms with Gasteiger partial charge >= 0.3 is 0 Å². The van der Waals surface area contributed by atoms with E-state index in [1.807, 2.05) is 47.4 Å². The molecule has 1 aromatic rings. The largest absolute Gasteiger partial charge is 0.284 e. The van der Waals surface area contributed by atoms with Crippen molar-refractivity contribution in [3.8, 4) is 0 Å². The molecule has 2 nitrogen and oxygen atoms in total. The summed E-state index contributed by atoms with van der Waals surface area (Å²) in [7, 11) is 1.96. The third-order valence-corrected chi connectivity index (χ3v) is 2.64. The Kier molecular flexibility index (Phi) is 2.12. The van der Waals surface area contributed by atoms with Gasteiger partial charge in [-0.15, -0.1) is 0 Å². The summed E-state index contributed by atoms with van der Waals surface area (Å²) in [6.45, 7) is 11.9. The molecule has 0 bridgehead atoms. The molecule has 0 spiro atoms. The first-order valence-corrected chi connectivity index (χ1v) is 4.79. The fraction of sp³-hybridized carbons (Fsp3) is 0.0769. The first-order valence-electron chi connectivity index (χ1n) is 4.79. The van der Waals surface area contributed by atoms with E-state index in [0.717, 1.165) is 22.7 Å². The molecule has 1 fully saturated rings. The minimum atomic E-state index is 0.883. The van der Waals surface area contributed by atoms with Crippen LogP contribution in [-0.4, -0.2) is 12.1 Å². The molecule has 0 radical (unpaired) electrons. The van der Waals surface area contributed by atoms with Crippen molar-refractivity contribution in [2.45, 2.75) is 0 Å². The maximum absolute atomic E-state index is 4.02. The van der Waals surface area contributed by atoms with Crippen LogP contribution < -0.4 is 5.01 Å². The molecule has 0 amide bonds. The van der Waals surface area contributed by atoms with Gasteiger partial charge in [0.05, 0.1) is 17.1 Å². The molecule has 0 aromatic heterocycles. The van der Waals surface area contributed by atoms with Gasteiger partial charge in [0.2, 0.25) is 0 Å². The molecule has 1 aromatic carbocycles. The Morgan fingerprint density at radius 3 is 2.00 bits per heavy atom. The Labute approximate surface area is 90.4 Å². The summed E-state index contributed by atoms with van der Waals surface area (Å²) in [5.41, 5.74) is 3.74. The van der Waals surface area contributed by atoms with Crippen molar-refractivity contribution in [2.75, 3.05) is 12.1 Å².